The van der Waals surface area contributed by atoms with Gasteiger partial charge in [0.1, 0.15) is 0 Å². The smallest absolute Gasteiger partial charge is 0.191 e. The van der Waals surface area contributed by atoms with Crippen molar-refractivity contribution < 1.29 is 4.74 Å². The Morgan fingerprint density at radius 1 is 1.60 bits per heavy atom. The summed E-state index contributed by atoms with van der Waals surface area (Å²) in [6.45, 7) is 5.77. The first-order valence-corrected chi connectivity index (χ1v) is 5.49. The third kappa shape index (κ3) is 5.04. The Balaban J connectivity index is 2.18. The second-order valence-corrected chi connectivity index (χ2v) is 3.99. The zero-order chi connectivity index (χ0) is 11.1. The highest BCUT2D eigenvalue weighted by atomic mass is 35.5. The van der Waals surface area contributed by atoms with E-state index in [1.54, 1.807) is 7.05 Å². The first kappa shape index (κ1) is 12.3. The molecule has 0 aromatic carbocycles. The van der Waals surface area contributed by atoms with Gasteiger partial charge in [0, 0.05) is 25.2 Å². The van der Waals surface area contributed by atoms with E-state index in [1.165, 1.54) is 0 Å². The Morgan fingerprint density at radius 3 is 2.93 bits per heavy atom. The minimum absolute atomic E-state index is 0.308. The lowest BCUT2D eigenvalue weighted by Crippen LogP contribution is -2.41. The number of hydrogen-bond acceptors (Lipinski definition) is 2. The minimum atomic E-state index is 0.308. The van der Waals surface area contributed by atoms with Gasteiger partial charge >= 0.3 is 0 Å². The number of nitrogens with zero attached hydrogens (tertiary/aromatic N) is 1. The molecule has 0 saturated carbocycles. The maximum Gasteiger partial charge on any atom is 0.191 e. The highest BCUT2D eigenvalue weighted by Crippen LogP contribution is 2.10. The van der Waals surface area contributed by atoms with Crippen molar-refractivity contribution in [3.8, 4) is 0 Å². The van der Waals surface area contributed by atoms with Crippen LogP contribution in [0.5, 0.6) is 0 Å². The fourth-order valence-corrected chi connectivity index (χ4v) is 1.48. The van der Waals surface area contributed by atoms with Gasteiger partial charge in [-0.25, -0.2) is 0 Å². The number of rotatable bonds is 4. The molecule has 0 spiro atoms. The molecule has 0 aromatic heterocycles. The molecular weight excluding hydrogens is 214 g/mol. The normalized spacial score (nSPS) is 21.5. The Kier molecular flexibility index (Phi) is 5.50. The Labute approximate surface area is 95.7 Å². The Bertz CT molecular complexity index is 237. The van der Waals surface area contributed by atoms with Crippen LogP contribution >= 0.6 is 11.6 Å². The number of nitrogens with one attached hydrogen (secondary N) is 2. The fourth-order valence-electron chi connectivity index (χ4n) is 1.42. The van der Waals surface area contributed by atoms with Gasteiger partial charge in [0.25, 0.3) is 0 Å². The molecule has 0 amide bonds. The van der Waals surface area contributed by atoms with E-state index in [2.05, 4.69) is 22.2 Å². The summed E-state index contributed by atoms with van der Waals surface area (Å²) in [6, 6.07) is 0. The molecule has 86 valence electrons. The van der Waals surface area contributed by atoms with Crippen molar-refractivity contribution in [3.05, 3.63) is 11.6 Å². The van der Waals surface area contributed by atoms with E-state index in [0.29, 0.717) is 17.7 Å². The summed E-state index contributed by atoms with van der Waals surface area (Å²) < 4.78 is 5.48. The second kappa shape index (κ2) is 6.69. The molecule has 1 aliphatic rings. The van der Waals surface area contributed by atoms with Crippen molar-refractivity contribution in [2.75, 3.05) is 26.7 Å². The molecule has 1 aliphatic heterocycles. The molecular formula is C10H18ClN3O. The van der Waals surface area contributed by atoms with Gasteiger partial charge < -0.3 is 15.4 Å². The average molecular weight is 232 g/mol. The van der Waals surface area contributed by atoms with E-state index in [4.69, 9.17) is 16.3 Å². The van der Waals surface area contributed by atoms with E-state index >= 15 is 0 Å². The molecule has 1 unspecified atom stereocenters. The van der Waals surface area contributed by atoms with Crippen LogP contribution in [0.25, 0.3) is 0 Å². The van der Waals surface area contributed by atoms with Crippen molar-refractivity contribution >= 4 is 17.6 Å². The Hall–Kier alpha value is -0.740. The third-order valence-electron chi connectivity index (χ3n) is 2.19. The summed E-state index contributed by atoms with van der Waals surface area (Å²) >= 11 is 5.64. The molecule has 0 radical (unpaired) electrons. The van der Waals surface area contributed by atoms with Crippen LogP contribution in [0.3, 0.4) is 0 Å². The molecule has 15 heavy (non-hydrogen) atoms. The van der Waals surface area contributed by atoms with Gasteiger partial charge in [-0.15, -0.1) is 0 Å². The molecule has 0 aliphatic carbocycles. The van der Waals surface area contributed by atoms with Gasteiger partial charge in [0.2, 0.25) is 0 Å². The highest BCUT2D eigenvalue weighted by molar-refractivity contribution is 6.29. The number of ether oxygens (including phenoxy) is 1. The highest BCUT2D eigenvalue weighted by Gasteiger charge is 2.15. The van der Waals surface area contributed by atoms with Crippen LogP contribution in [0.4, 0.5) is 0 Å². The third-order valence-corrected chi connectivity index (χ3v) is 2.33. The van der Waals surface area contributed by atoms with Crippen molar-refractivity contribution in [2.45, 2.75) is 18.9 Å². The fraction of sp³-hybridized carbons (Fsp3) is 0.700. The monoisotopic (exact) mass is 231 g/mol. The van der Waals surface area contributed by atoms with Gasteiger partial charge in [0.15, 0.2) is 5.96 Å². The van der Waals surface area contributed by atoms with Crippen molar-refractivity contribution in [1.82, 2.24) is 10.6 Å². The maximum absolute atomic E-state index is 5.64. The predicted octanol–water partition coefficient (Wildman–Crippen LogP) is 1.08. The predicted molar refractivity (Wildman–Crippen MR) is 63.3 cm³/mol. The molecule has 1 rings (SSSR count). The lowest BCUT2D eigenvalue weighted by atomic mass is 10.2. The SMILES string of the molecule is C=C(Cl)CNC(=NC)NCC1CCCO1. The van der Waals surface area contributed by atoms with Crippen molar-refractivity contribution in [1.29, 1.82) is 0 Å². The molecule has 1 fully saturated rings. The van der Waals surface area contributed by atoms with Crippen LogP contribution in [0.1, 0.15) is 12.8 Å². The summed E-state index contributed by atoms with van der Waals surface area (Å²) in [6.07, 6.45) is 2.58. The van der Waals surface area contributed by atoms with Crippen LogP contribution in [0.2, 0.25) is 0 Å². The number of halogens is 1. The zero-order valence-corrected chi connectivity index (χ0v) is 9.81. The van der Waals surface area contributed by atoms with E-state index in [0.717, 1.165) is 32.0 Å². The van der Waals surface area contributed by atoms with E-state index in [9.17, 15) is 0 Å². The molecule has 0 aromatic rings. The van der Waals surface area contributed by atoms with Gasteiger partial charge in [-0.2, -0.15) is 0 Å². The maximum atomic E-state index is 5.64. The van der Waals surface area contributed by atoms with Gasteiger partial charge in [0.05, 0.1) is 12.6 Å². The first-order chi connectivity index (χ1) is 7.22. The van der Waals surface area contributed by atoms with Gasteiger partial charge in [-0.05, 0) is 12.8 Å². The topological polar surface area (TPSA) is 45.7 Å². The molecule has 1 heterocycles. The van der Waals surface area contributed by atoms with Crippen LogP contribution in [-0.2, 0) is 4.74 Å². The van der Waals surface area contributed by atoms with Gasteiger partial charge in [-0.3, -0.25) is 4.99 Å². The molecule has 2 N–H and O–H groups in total. The molecule has 4 nitrogen and oxygen atoms in total. The largest absolute Gasteiger partial charge is 0.376 e. The van der Waals surface area contributed by atoms with Crippen molar-refractivity contribution in [2.24, 2.45) is 4.99 Å². The number of guanidine groups is 1. The van der Waals surface area contributed by atoms with E-state index < -0.39 is 0 Å². The van der Waals surface area contributed by atoms with Crippen molar-refractivity contribution in [3.63, 3.8) is 0 Å². The second-order valence-electron chi connectivity index (χ2n) is 3.46. The standard InChI is InChI=1S/C10H18ClN3O/c1-8(11)6-13-10(12-2)14-7-9-4-3-5-15-9/h9H,1,3-7H2,2H3,(H2,12,13,14). The summed E-state index contributed by atoms with van der Waals surface area (Å²) in [5, 5.41) is 6.79. The first-order valence-electron chi connectivity index (χ1n) is 5.11. The van der Waals surface area contributed by atoms with Gasteiger partial charge in [-0.1, -0.05) is 18.2 Å². The number of aliphatic imine (C=N–C) groups is 1. The summed E-state index contributed by atoms with van der Waals surface area (Å²) in [4.78, 5) is 4.06. The summed E-state index contributed by atoms with van der Waals surface area (Å²) in [5.41, 5.74) is 0. The molecule has 1 atom stereocenters. The lowest BCUT2D eigenvalue weighted by Gasteiger charge is -2.14. The van der Waals surface area contributed by atoms with E-state index in [1.807, 2.05) is 0 Å². The Morgan fingerprint density at radius 2 is 2.40 bits per heavy atom. The summed E-state index contributed by atoms with van der Waals surface area (Å²) in [7, 11) is 1.72. The molecule has 5 heteroatoms. The zero-order valence-electron chi connectivity index (χ0n) is 9.05. The molecule has 0 bridgehead atoms. The van der Waals surface area contributed by atoms with Crippen LogP contribution in [0, 0.1) is 0 Å². The number of hydrogen-bond donors (Lipinski definition) is 2. The van der Waals surface area contributed by atoms with Crippen LogP contribution in [0.15, 0.2) is 16.6 Å². The minimum Gasteiger partial charge on any atom is -0.376 e. The molecule has 1 saturated heterocycles. The van der Waals surface area contributed by atoms with Crippen LogP contribution in [-0.4, -0.2) is 38.8 Å². The van der Waals surface area contributed by atoms with Crippen LogP contribution < -0.4 is 10.6 Å². The lowest BCUT2D eigenvalue weighted by molar-refractivity contribution is 0.114. The average Bonchev–Trinajstić information content (AvgIpc) is 2.70. The quantitative estimate of drug-likeness (QED) is 0.562. The van der Waals surface area contributed by atoms with E-state index in [-0.39, 0.29) is 0 Å². The summed E-state index contributed by atoms with van der Waals surface area (Å²) in [5.74, 6) is 0.729.